The maximum absolute atomic E-state index is 12.6. The van der Waals surface area contributed by atoms with Gasteiger partial charge in [0.1, 0.15) is 5.41 Å². The van der Waals surface area contributed by atoms with Gasteiger partial charge in [0.2, 0.25) is 17.7 Å². The molecule has 2 aromatic rings. The Hall–Kier alpha value is -3.15. The van der Waals surface area contributed by atoms with Crippen molar-refractivity contribution < 1.29 is 14.4 Å². The number of rotatable bonds is 6. The lowest BCUT2D eigenvalue weighted by atomic mass is 9.90. The minimum absolute atomic E-state index is 0.168. The lowest BCUT2D eigenvalue weighted by Gasteiger charge is -2.23. The summed E-state index contributed by atoms with van der Waals surface area (Å²) in [5, 5.41) is 8.23. The largest absolute Gasteiger partial charge is 0.351 e. The van der Waals surface area contributed by atoms with Gasteiger partial charge in [0.15, 0.2) is 0 Å². The van der Waals surface area contributed by atoms with Crippen LogP contribution in [0.2, 0.25) is 0 Å². The number of carbonyl (C=O) groups is 3. The molecule has 0 aliphatic carbocycles. The molecule has 0 saturated carbocycles. The van der Waals surface area contributed by atoms with Gasteiger partial charge in [-0.2, -0.15) is 0 Å². The number of amides is 3. The first-order valence-corrected chi connectivity index (χ1v) is 8.72. The summed E-state index contributed by atoms with van der Waals surface area (Å²) in [6.45, 7) is 6.94. The third-order valence-corrected chi connectivity index (χ3v) is 4.30. The topological polar surface area (TPSA) is 87.3 Å². The van der Waals surface area contributed by atoms with Crippen molar-refractivity contribution in [2.45, 2.75) is 34.2 Å². The predicted molar refractivity (Wildman–Crippen MR) is 106 cm³/mol. The first-order valence-electron chi connectivity index (χ1n) is 8.72. The van der Waals surface area contributed by atoms with E-state index in [-0.39, 0.29) is 11.8 Å². The molecule has 0 aliphatic heterocycles. The van der Waals surface area contributed by atoms with Crippen LogP contribution in [0.5, 0.6) is 0 Å². The van der Waals surface area contributed by atoms with E-state index < -0.39 is 11.3 Å². The molecular formula is C21H25N3O3. The zero-order chi connectivity index (χ0) is 20.0. The number of hydrogen-bond acceptors (Lipinski definition) is 3. The van der Waals surface area contributed by atoms with Crippen LogP contribution in [0.15, 0.2) is 48.5 Å². The molecule has 0 aliphatic rings. The molecular weight excluding hydrogens is 342 g/mol. The fourth-order valence-corrected chi connectivity index (χ4v) is 2.44. The maximum atomic E-state index is 12.6. The third kappa shape index (κ3) is 5.41. The van der Waals surface area contributed by atoms with Gasteiger partial charge in [0.05, 0.1) is 0 Å². The zero-order valence-electron chi connectivity index (χ0n) is 16.1. The van der Waals surface area contributed by atoms with Gasteiger partial charge in [-0.3, -0.25) is 14.4 Å². The van der Waals surface area contributed by atoms with Gasteiger partial charge in [-0.1, -0.05) is 24.3 Å². The molecule has 0 heterocycles. The molecule has 0 fully saturated rings. The van der Waals surface area contributed by atoms with Crippen LogP contribution >= 0.6 is 0 Å². The van der Waals surface area contributed by atoms with Gasteiger partial charge in [0, 0.05) is 24.8 Å². The van der Waals surface area contributed by atoms with Crippen molar-refractivity contribution in [2.24, 2.45) is 5.41 Å². The molecule has 2 rings (SSSR count). The zero-order valence-corrected chi connectivity index (χ0v) is 16.1. The number of anilines is 2. The minimum atomic E-state index is -1.24. The molecule has 27 heavy (non-hydrogen) atoms. The summed E-state index contributed by atoms with van der Waals surface area (Å²) in [6.07, 6.45) is 0. The van der Waals surface area contributed by atoms with E-state index in [1.165, 1.54) is 6.92 Å². The average Bonchev–Trinajstić information content (AvgIpc) is 2.61. The maximum Gasteiger partial charge on any atom is 0.239 e. The van der Waals surface area contributed by atoms with E-state index in [0.29, 0.717) is 17.9 Å². The summed E-state index contributed by atoms with van der Waals surface area (Å²) in [5.41, 5.74) is 2.04. The molecule has 3 amide bonds. The number of aryl methyl sites for hydroxylation is 1. The molecule has 2 aromatic carbocycles. The molecule has 0 spiro atoms. The van der Waals surface area contributed by atoms with Crippen molar-refractivity contribution in [2.75, 3.05) is 10.6 Å². The van der Waals surface area contributed by atoms with Gasteiger partial charge in [0.25, 0.3) is 0 Å². The first-order chi connectivity index (χ1) is 12.7. The smallest absolute Gasteiger partial charge is 0.239 e. The third-order valence-electron chi connectivity index (χ3n) is 4.30. The van der Waals surface area contributed by atoms with Crippen molar-refractivity contribution in [1.29, 1.82) is 0 Å². The van der Waals surface area contributed by atoms with Crippen molar-refractivity contribution >= 4 is 29.1 Å². The van der Waals surface area contributed by atoms with E-state index in [2.05, 4.69) is 16.0 Å². The molecule has 0 radical (unpaired) electrons. The second-order valence-electron chi connectivity index (χ2n) is 6.95. The van der Waals surface area contributed by atoms with Crippen molar-refractivity contribution in [1.82, 2.24) is 5.32 Å². The van der Waals surface area contributed by atoms with E-state index in [0.717, 1.165) is 11.1 Å². The number of carbonyl (C=O) groups excluding carboxylic acids is 3. The molecule has 6 heteroatoms. The Morgan fingerprint density at radius 3 is 1.96 bits per heavy atom. The monoisotopic (exact) mass is 367 g/mol. The van der Waals surface area contributed by atoms with Gasteiger partial charge in [-0.15, -0.1) is 0 Å². The first kappa shape index (κ1) is 20.2. The highest BCUT2D eigenvalue weighted by Crippen LogP contribution is 2.21. The molecule has 0 unspecified atom stereocenters. The van der Waals surface area contributed by atoms with Gasteiger partial charge >= 0.3 is 0 Å². The van der Waals surface area contributed by atoms with Gasteiger partial charge < -0.3 is 16.0 Å². The number of hydrogen-bond donors (Lipinski definition) is 3. The van der Waals surface area contributed by atoms with Crippen LogP contribution < -0.4 is 16.0 Å². The lowest BCUT2D eigenvalue weighted by Crippen LogP contribution is -2.44. The van der Waals surface area contributed by atoms with Crippen LogP contribution in [-0.2, 0) is 20.9 Å². The second-order valence-corrected chi connectivity index (χ2v) is 6.95. The Kier molecular flexibility index (Phi) is 6.34. The Morgan fingerprint density at radius 2 is 1.41 bits per heavy atom. The summed E-state index contributed by atoms with van der Waals surface area (Å²) in [5.74, 6) is -0.923. The van der Waals surface area contributed by atoms with E-state index in [4.69, 9.17) is 0 Å². The number of nitrogens with one attached hydrogen (secondary N) is 3. The highest BCUT2D eigenvalue weighted by Gasteiger charge is 2.36. The van der Waals surface area contributed by atoms with Crippen LogP contribution in [-0.4, -0.2) is 17.7 Å². The average molecular weight is 367 g/mol. The van der Waals surface area contributed by atoms with Gasteiger partial charge in [-0.05, 0) is 56.2 Å². The molecule has 142 valence electrons. The molecule has 0 atom stereocenters. The van der Waals surface area contributed by atoms with Crippen LogP contribution in [0.25, 0.3) is 0 Å². The van der Waals surface area contributed by atoms with E-state index in [9.17, 15) is 14.4 Å². The van der Waals surface area contributed by atoms with Crippen LogP contribution in [0.3, 0.4) is 0 Å². The number of benzene rings is 2. The second kappa shape index (κ2) is 8.49. The summed E-state index contributed by atoms with van der Waals surface area (Å²) in [6, 6.07) is 14.5. The quantitative estimate of drug-likeness (QED) is 0.685. The fourth-order valence-electron chi connectivity index (χ4n) is 2.44. The SMILES string of the molecule is CC(=O)Nc1ccc(NC(=O)C(C)(C)C(=O)NCc2ccccc2C)cc1. The Labute approximate surface area is 159 Å². The standard InChI is InChI=1S/C21H25N3O3/c1-14-7-5-6-8-16(14)13-22-19(26)21(3,4)20(27)24-18-11-9-17(10-12-18)23-15(2)25/h5-12H,13H2,1-4H3,(H,22,26)(H,23,25)(H,24,27). The Morgan fingerprint density at radius 1 is 0.852 bits per heavy atom. The van der Waals surface area contributed by atoms with Gasteiger partial charge in [-0.25, -0.2) is 0 Å². The van der Waals surface area contributed by atoms with E-state index in [1.807, 2.05) is 31.2 Å². The normalized spacial score (nSPS) is 10.8. The van der Waals surface area contributed by atoms with E-state index >= 15 is 0 Å². The van der Waals surface area contributed by atoms with Crippen molar-refractivity contribution in [3.8, 4) is 0 Å². The summed E-state index contributed by atoms with van der Waals surface area (Å²) in [4.78, 5) is 36.2. The molecule has 0 saturated heterocycles. The van der Waals surface area contributed by atoms with E-state index in [1.54, 1.807) is 38.1 Å². The molecule has 6 nitrogen and oxygen atoms in total. The summed E-state index contributed by atoms with van der Waals surface area (Å²) < 4.78 is 0. The van der Waals surface area contributed by atoms with Crippen LogP contribution in [0, 0.1) is 12.3 Å². The predicted octanol–water partition coefficient (Wildman–Crippen LogP) is 3.23. The summed E-state index contributed by atoms with van der Waals surface area (Å²) in [7, 11) is 0. The molecule has 0 bridgehead atoms. The fraction of sp³-hybridized carbons (Fsp3) is 0.286. The van der Waals surface area contributed by atoms with Crippen molar-refractivity contribution in [3.63, 3.8) is 0 Å². The van der Waals surface area contributed by atoms with Crippen LogP contribution in [0.1, 0.15) is 31.9 Å². The lowest BCUT2D eigenvalue weighted by molar-refractivity contribution is -0.138. The Bertz CT molecular complexity index is 842. The van der Waals surface area contributed by atoms with Crippen molar-refractivity contribution in [3.05, 3.63) is 59.7 Å². The Balaban J connectivity index is 1.98. The molecule has 3 N–H and O–H groups in total. The summed E-state index contributed by atoms with van der Waals surface area (Å²) >= 11 is 0. The minimum Gasteiger partial charge on any atom is -0.351 e. The van der Waals surface area contributed by atoms with Crippen LogP contribution in [0.4, 0.5) is 11.4 Å². The highest BCUT2D eigenvalue weighted by molar-refractivity contribution is 6.09. The highest BCUT2D eigenvalue weighted by atomic mass is 16.2. The molecule has 0 aromatic heterocycles.